The molecule has 0 radical (unpaired) electrons. The maximum Gasteiger partial charge on any atom is 0.275 e. The van der Waals surface area contributed by atoms with Crippen LogP contribution in [0.2, 0.25) is 0 Å². The summed E-state index contributed by atoms with van der Waals surface area (Å²) in [5.41, 5.74) is 0.990. The van der Waals surface area contributed by atoms with E-state index in [1.165, 1.54) is 18.6 Å². The van der Waals surface area contributed by atoms with Crippen molar-refractivity contribution in [1.29, 1.82) is 0 Å². The minimum Gasteiger partial charge on any atom is -0.491 e. The number of ether oxygens (including phenoxy) is 2. The summed E-state index contributed by atoms with van der Waals surface area (Å²) < 4.78 is 11.9. The van der Waals surface area contributed by atoms with Crippen LogP contribution in [0, 0.1) is 11.8 Å². The van der Waals surface area contributed by atoms with Crippen LogP contribution in [0.3, 0.4) is 0 Å². The van der Waals surface area contributed by atoms with Gasteiger partial charge in [0.15, 0.2) is 0 Å². The molecule has 1 saturated carbocycles. The second kappa shape index (κ2) is 11.0. The molecule has 2 aromatic rings. The first-order valence-corrected chi connectivity index (χ1v) is 12.2. The maximum atomic E-state index is 13.3. The second-order valence-corrected chi connectivity index (χ2v) is 9.62. The van der Waals surface area contributed by atoms with Crippen LogP contribution in [0.15, 0.2) is 36.8 Å². The highest BCUT2D eigenvalue weighted by atomic mass is 16.5. The van der Waals surface area contributed by atoms with Crippen molar-refractivity contribution >= 4 is 23.4 Å². The van der Waals surface area contributed by atoms with Crippen LogP contribution < -0.4 is 10.1 Å². The number of carbonyl (C=O) groups is 3. The topological polar surface area (TPSA) is 114 Å². The molecule has 3 atom stereocenters. The Morgan fingerprint density at radius 1 is 1.17 bits per heavy atom. The minimum absolute atomic E-state index is 0.0213. The van der Waals surface area contributed by atoms with E-state index in [1.54, 1.807) is 37.3 Å². The molecule has 1 aliphatic carbocycles. The van der Waals surface area contributed by atoms with Gasteiger partial charge in [0.05, 0.1) is 23.9 Å². The van der Waals surface area contributed by atoms with Crippen molar-refractivity contribution in [2.75, 3.05) is 39.2 Å². The van der Waals surface area contributed by atoms with Crippen LogP contribution in [0.1, 0.15) is 47.5 Å². The van der Waals surface area contributed by atoms with E-state index in [-0.39, 0.29) is 48.1 Å². The van der Waals surface area contributed by atoms with Crippen LogP contribution in [0.25, 0.3) is 0 Å². The number of nitrogens with one attached hydrogen (secondary N) is 1. The first-order valence-electron chi connectivity index (χ1n) is 12.2. The van der Waals surface area contributed by atoms with Crippen LogP contribution in [-0.2, 0) is 9.53 Å². The lowest BCUT2D eigenvalue weighted by Gasteiger charge is -2.36. The molecule has 10 heteroatoms. The molecule has 1 aliphatic heterocycles. The third-order valence-corrected chi connectivity index (χ3v) is 6.71. The van der Waals surface area contributed by atoms with Gasteiger partial charge in [-0.2, -0.15) is 0 Å². The van der Waals surface area contributed by atoms with E-state index in [2.05, 4.69) is 15.3 Å². The van der Waals surface area contributed by atoms with Crippen molar-refractivity contribution in [1.82, 2.24) is 19.8 Å². The van der Waals surface area contributed by atoms with Crippen LogP contribution in [-0.4, -0.2) is 83.5 Å². The zero-order valence-corrected chi connectivity index (χ0v) is 21.1. The quantitative estimate of drug-likeness (QED) is 0.693. The molecule has 36 heavy (non-hydrogen) atoms. The number of amides is 3. The van der Waals surface area contributed by atoms with Gasteiger partial charge >= 0.3 is 0 Å². The number of likely N-dealkylation sites (N-methyl/N-ethyl adjacent to an activating group) is 1. The molecule has 1 N–H and O–H groups in total. The van der Waals surface area contributed by atoms with Crippen LogP contribution in [0.4, 0.5) is 5.69 Å². The fourth-order valence-electron chi connectivity index (χ4n) is 4.33. The van der Waals surface area contributed by atoms with Gasteiger partial charge in [0, 0.05) is 63.2 Å². The molecule has 1 fully saturated rings. The Morgan fingerprint density at radius 3 is 2.61 bits per heavy atom. The third kappa shape index (κ3) is 5.81. The Hall–Kier alpha value is -3.53. The van der Waals surface area contributed by atoms with Gasteiger partial charge in [-0.25, -0.2) is 4.98 Å². The fourth-order valence-corrected chi connectivity index (χ4v) is 4.33. The molecule has 3 amide bonds. The molecule has 0 bridgehead atoms. The first-order chi connectivity index (χ1) is 17.3. The lowest BCUT2D eigenvalue weighted by molar-refractivity contribution is -0.136. The van der Waals surface area contributed by atoms with Gasteiger partial charge in [0.2, 0.25) is 5.91 Å². The molecule has 192 valence electrons. The number of nitrogens with zero attached hydrogens (tertiary/aromatic N) is 4. The monoisotopic (exact) mass is 495 g/mol. The zero-order valence-electron chi connectivity index (χ0n) is 21.1. The molecule has 4 rings (SSSR count). The summed E-state index contributed by atoms with van der Waals surface area (Å²) in [7, 11) is 3.35. The number of aromatic nitrogens is 2. The minimum atomic E-state index is -0.425. The predicted molar refractivity (Wildman–Crippen MR) is 133 cm³/mol. The molecule has 10 nitrogen and oxygen atoms in total. The number of anilines is 1. The maximum absolute atomic E-state index is 13.3. The van der Waals surface area contributed by atoms with Crippen molar-refractivity contribution in [3.63, 3.8) is 0 Å². The van der Waals surface area contributed by atoms with Gasteiger partial charge in [0.1, 0.15) is 18.1 Å². The Kier molecular flexibility index (Phi) is 7.83. The number of fused-ring (bicyclic) bond motifs is 1. The second-order valence-electron chi connectivity index (χ2n) is 9.62. The number of benzene rings is 1. The number of hydrogen-bond acceptors (Lipinski definition) is 7. The largest absolute Gasteiger partial charge is 0.491 e. The highest BCUT2D eigenvalue weighted by Gasteiger charge is 2.37. The van der Waals surface area contributed by atoms with E-state index in [0.717, 1.165) is 12.8 Å². The van der Waals surface area contributed by atoms with Gasteiger partial charge in [-0.05, 0) is 31.9 Å². The summed E-state index contributed by atoms with van der Waals surface area (Å²) >= 11 is 0. The third-order valence-electron chi connectivity index (χ3n) is 6.71. The lowest BCUT2D eigenvalue weighted by Crippen LogP contribution is -2.49. The Morgan fingerprint density at radius 2 is 1.94 bits per heavy atom. The van der Waals surface area contributed by atoms with E-state index in [0.29, 0.717) is 30.1 Å². The molecular weight excluding hydrogens is 462 g/mol. The summed E-state index contributed by atoms with van der Waals surface area (Å²) in [5.74, 6) is -0.0751. The summed E-state index contributed by atoms with van der Waals surface area (Å²) in [6.45, 7) is 5.07. The average Bonchev–Trinajstić information content (AvgIpc) is 3.73. The van der Waals surface area contributed by atoms with E-state index in [4.69, 9.17) is 9.47 Å². The molecule has 1 aromatic heterocycles. The van der Waals surface area contributed by atoms with Crippen LogP contribution >= 0.6 is 0 Å². The fraction of sp³-hybridized carbons (Fsp3) is 0.500. The molecule has 0 spiro atoms. The SMILES string of the molecule is CO[C@@H]1CN(C)C(=O)c2ccc(NC(=O)c3cnccn3)cc2OC[C@@H](C)N(C(=O)C2CC2)C[C@@H]1C. The number of hydrogen-bond donors (Lipinski definition) is 1. The zero-order chi connectivity index (χ0) is 25.8. The van der Waals surface area contributed by atoms with Crippen LogP contribution in [0.5, 0.6) is 5.75 Å². The van der Waals surface area contributed by atoms with Gasteiger partial charge in [-0.15, -0.1) is 0 Å². The summed E-state index contributed by atoms with van der Waals surface area (Å²) in [6.07, 6.45) is 5.89. The summed E-state index contributed by atoms with van der Waals surface area (Å²) in [4.78, 5) is 50.4. The van der Waals surface area contributed by atoms with E-state index < -0.39 is 5.91 Å². The molecule has 2 heterocycles. The summed E-state index contributed by atoms with van der Waals surface area (Å²) in [5, 5.41) is 2.77. The van der Waals surface area contributed by atoms with Gasteiger partial charge in [-0.3, -0.25) is 19.4 Å². The average molecular weight is 496 g/mol. The Labute approximate surface area is 211 Å². The Balaban J connectivity index is 1.63. The normalized spacial score (nSPS) is 23.1. The van der Waals surface area contributed by atoms with E-state index >= 15 is 0 Å². The van der Waals surface area contributed by atoms with Crippen molar-refractivity contribution in [2.45, 2.75) is 38.8 Å². The van der Waals surface area contributed by atoms with Crippen molar-refractivity contribution < 1.29 is 23.9 Å². The lowest BCUT2D eigenvalue weighted by atomic mass is 10.0. The van der Waals surface area contributed by atoms with Crippen molar-refractivity contribution in [3.05, 3.63) is 48.0 Å². The first kappa shape index (κ1) is 25.6. The molecule has 1 aromatic carbocycles. The van der Waals surface area contributed by atoms with Gasteiger partial charge < -0.3 is 24.6 Å². The van der Waals surface area contributed by atoms with Crippen molar-refractivity contribution in [3.8, 4) is 5.75 Å². The summed E-state index contributed by atoms with van der Waals surface area (Å²) in [6, 6.07) is 4.69. The highest BCUT2D eigenvalue weighted by Crippen LogP contribution is 2.33. The van der Waals surface area contributed by atoms with Crippen molar-refractivity contribution in [2.24, 2.45) is 11.8 Å². The Bertz CT molecular complexity index is 1110. The molecule has 0 saturated heterocycles. The smallest absolute Gasteiger partial charge is 0.275 e. The predicted octanol–water partition coefficient (Wildman–Crippen LogP) is 2.47. The molecule has 0 unspecified atom stereocenters. The number of methoxy groups -OCH3 is 1. The molecular formula is C26H33N5O5. The number of rotatable bonds is 4. The highest BCUT2D eigenvalue weighted by molar-refractivity contribution is 6.03. The number of carbonyl (C=O) groups excluding carboxylic acids is 3. The van der Waals surface area contributed by atoms with E-state index in [1.807, 2.05) is 18.7 Å². The van der Waals surface area contributed by atoms with Gasteiger partial charge in [0.25, 0.3) is 11.8 Å². The van der Waals surface area contributed by atoms with Gasteiger partial charge in [-0.1, -0.05) is 6.92 Å². The standard InChI is InChI=1S/C26H33N5O5/c1-16-13-31(25(33)18-5-6-18)17(2)15-36-22-11-19(29-24(32)21-12-27-9-10-28-21)7-8-20(22)26(34)30(3)14-23(16)35-4/h7-12,16-18,23H,5-6,13-15H2,1-4H3,(H,29,32)/t16-,17+,23+/m0/s1. The molecule has 2 aliphatic rings. The van der Waals surface area contributed by atoms with E-state index in [9.17, 15) is 14.4 Å².